The molecule has 0 aliphatic carbocycles. The van der Waals surface area contributed by atoms with Gasteiger partial charge in [-0.2, -0.15) is 0 Å². The Morgan fingerprint density at radius 1 is 1.00 bits per heavy atom. The monoisotopic (exact) mass is 262 g/mol. The second-order valence-electron chi connectivity index (χ2n) is 5.28. The Morgan fingerprint density at radius 2 is 1.68 bits per heavy atom. The average molecular weight is 262 g/mol. The van der Waals surface area contributed by atoms with Gasteiger partial charge in [0.15, 0.2) is 0 Å². The smallest absolute Gasteiger partial charge is 0.0270 e. The molecular formula is C15H26N4. The quantitative estimate of drug-likeness (QED) is 0.830. The van der Waals surface area contributed by atoms with Gasteiger partial charge in [0.1, 0.15) is 0 Å². The van der Waals surface area contributed by atoms with Gasteiger partial charge in [0.05, 0.1) is 0 Å². The van der Waals surface area contributed by atoms with Gasteiger partial charge in [0.25, 0.3) is 0 Å². The van der Waals surface area contributed by atoms with Crippen molar-refractivity contribution in [3.8, 4) is 0 Å². The Kier molecular flexibility index (Phi) is 6.27. The summed E-state index contributed by atoms with van der Waals surface area (Å²) in [5.74, 6) is 0. The molecule has 0 radical (unpaired) electrons. The van der Waals surface area contributed by atoms with Crippen LogP contribution in [-0.2, 0) is 6.42 Å². The summed E-state index contributed by atoms with van der Waals surface area (Å²) in [4.78, 5) is 9.20. The molecule has 4 nitrogen and oxygen atoms in total. The summed E-state index contributed by atoms with van der Waals surface area (Å²) >= 11 is 0. The Balaban J connectivity index is 1.70. The number of hydrogen-bond donors (Lipinski definition) is 1. The van der Waals surface area contributed by atoms with Crippen molar-refractivity contribution in [2.75, 3.05) is 45.8 Å². The lowest BCUT2D eigenvalue weighted by Gasteiger charge is -2.21. The van der Waals surface area contributed by atoms with Gasteiger partial charge in [-0.1, -0.05) is 0 Å². The van der Waals surface area contributed by atoms with Crippen molar-refractivity contribution in [2.24, 2.45) is 5.73 Å². The van der Waals surface area contributed by atoms with Crippen molar-refractivity contribution in [1.82, 2.24) is 14.8 Å². The van der Waals surface area contributed by atoms with Gasteiger partial charge in [-0.05, 0) is 63.1 Å². The molecule has 4 heteroatoms. The Morgan fingerprint density at radius 3 is 2.37 bits per heavy atom. The molecule has 1 aromatic rings. The summed E-state index contributed by atoms with van der Waals surface area (Å²) in [6.07, 6.45) is 7.29. The van der Waals surface area contributed by atoms with E-state index in [0.29, 0.717) is 0 Å². The molecule has 0 bridgehead atoms. The van der Waals surface area contributed by atoms with Crippen LogP contribution in [0.15, 0.2) is 24.5 Å². The van der Waals surface area contributed by atoms with Crippen molar-refractivity contribution in [2.45, 2.75) is 19.3 Å². The molecule has 0 aromatic carbocycles. The van der Waals surface area contributed by atoms with Crippen LogP contribution in [0.25, 0.3) is 0 Å². The highest BCUT2D eigenvalue weighted by Crippen LogP contribution is 2.06. The first-order valence-electron chi connectivity index (χ1n) is 7.42. The minimum absolute atomic E-state index is 0.808. The van der Waals surface area contributed by atoms with E-state index in [-0.39, 0.29) is 0 Å². The highest BCUT2D eigenvalue weighted by atomic mass is 15.2. The minimum Gasteiger partial charge on any atom is -0.330 e. The molecule has 0 spiro atoms. The minimum atomic E-state index is 0.808. The van der Waals surface area contributed by atoms with Crippen molar-refractivity contribution < 1.29 is 0 Å². The van der Waals surface area contributed by atoms with Gasteiger partial charge >= 0.3 is 0 Å². The van der Waals surface area contributed by atoms with Gasteiger partial charge < -0.3 is 15.5 Å². The predicted molar refractivity (Wildman–Crippen MR) is 79.1 cm³/mol. The molecule has 19 heavy (non-hydrogen) atoms. The number of nitrogens with two attached hydrogens (primary N) is 1. The standard InChI is InChI=1S/C15H26N4/c16-6-1-9-18-10-2-11-19(14-13-18)12-5-15-3-7-17-8-4-15/h3-4,7-8H,1-2,5-6,9-14,16H2. The fraction of sp³-hybridized carbons (Fsp3) is 0.667. The maximum absolute atomic E-state index is 5.58. The van der Waals surface area contributed by atoms with Crippen LogP contribution in [0.3, 0.4) is 0 Å². The molecule has 1 aromatic heterocycles. The molecule has 0 unspecified atom stereocenters. The van der Waals surface area contributed by atoms with E-state index in [0.717, 1.165) is 32.5 Å². The van der Waals surface area contributed by atoms with E-state index < -0.39 is 0 Å². The van der Waals surface area contributed by atoms with Gasteiger partial charge in [-0.15, -0.1) is 0 Å². The maximum atomic E-state index is 5.58. The van der Waals surface area contributed by atoms with Crippen LogP contribution in [0.5, 0.6) is 0 Å². The summed E-state index contributed by atoms with van der Waals surface area (Å²) in [6.45, 7) is 7.97. The fourth-order valence-electron chi connectivity index (χ4n) is 2.62. The Bertz CT molecular complexity index is 341. The molecule has 1 aliphatic heterocycles. The fourth-order valence-corrected chi connectivity index (χ4v) is 2.62. The molecule has 0 saturated carbocycles. The largest absolute Gasteiger partial charge is 0.330 e. The molecule has 1 fully saturated rings. The molecule has 2 heterocycles. The second-order valence-corrected chi connectivity index (χ2v) is 5.28. The summed E-state index contributed by atoms with van der Waals surface area (Å²) in [7, 11) is 0. The highest BCUT2D eigenvalue weighted by Gasteiger charge is 2.13. The highest BCUT2D eigenvalue weighted by molar-refractivity contribution is 5.09. The lowest BCUT2D eigenvalue weighted by molar-refractivity contribution is 0.257. The van der Waals surface area contributed by atoms with Crippen LogP contribution in [0.2, 0.25) is 0 Å². The van der Waals surface area contributed by atoms with Crippen molar-refractivity contribution >= 4 is 0 Å². The SMILES string of the molecule is NCCCN1CCCN(CCc2ccncc2)CC1. The summed E-state index contributed by atoms with van der Waals surface area (Å²) in [5.41, 5.74) is 6.97. The Labute approximate surface area is 116 Å². The number of hydrogen-bond acceptors (Lipinski definition) is 4. The first-order chi connectivity index (χ1) is 9.38. The van der Waals surface area contributed by atoms with E-state index >= 15 is 0 Å². The zero-order chi connectivity index (χ0) is 13.3. The predicted octanol–water partition coefficient (Wildman–Crippen LogP) is 0.981. The second kappa shape index (κ2) is 8.25. The third-order valence-electron chi connectivity index (χ3n) is 3.83. The van der Waals surface area contributed by atoms with E-state index in [9.17, 15) is 0 Å². The van der Waals surface area contributed by atoms with E-state index in [1.165, 1.54) is 38.2 Å². The van der Waals surface area contributed by atoms with Gasteiger partial charge in [0.2, 0.25) is 0 Å². The molecule has 2 N–H and O–H groups in total. The molecular weight excluding hydrogens is 236 g/mol. The lowest BCUT2D eigenvalue weighted by Crippen LogP contribution is -2.33. The number of pyridine rings is 1. The average Bonchev–Trinajstić information content (AvgIpc) is 2.69. The number of nitrogens with zero attached hydrogens (tertiary/aromatic N) is 3. The lowest BCUT2D eigenvalue weighted by atomic mass is 10.2. The van der Waals surface area contributed by atoms with E-state index in [1.807, 2.05) is 12.4 Å². The maximum Gasteiger partial charge on any atom is 0.0270 e. The topological polar surface area (TPSA) is 45.4 Å². The third kappa shape index (κ3) is 5.27. The molecule has 1 aliphatic rings. The van der Waals surface area contributed by atoms with Crippen molar-refractivity contribution in [3.63, 3.8) is 0 Å². The molecule has 106 valence electrons. The van der Waals surface area contributed by atoms with E-state index in [1.54, 1.807) is 0 Å². The van der Waals surface area contributed by atoms with E-state index in [4.69, 9.17) is 5.73 Å². The molecule has 1 saturated heterocycles. The van der Waals surface area contributed by atoms with Crippen LogP contribution in [-0.4, -0.2) is 60.6 Å². The van der Waals surface area contributed by atoms with Gasteiger partial charge in [-0.3, -0.25) is 4.98 Å². The Hall–Kier alpha value is -0.970. The zero-order valence-electron chi connectivity index (χ0n) is 11.8. The van der Waals surface area contributed by atoms with Gasteiger partial charge in [0, 0.05) is 32.0 Å². The summed E-state index contributed by atoms with van der Waals surface area (Å²) in [5, 5.41) is 0. The number of rotatable bonds is 6. The normalized spacial score (nSPS) is 18.4. The molecule has 0 atom stereocenters. The molecule has 0 amide bonds. The zero-order valence-corrected chi connectivity index (χ0v) is 11.8. The molecule has 2 rings (SSSR count). The summed E-state index contributed by atoms with van der Waals surface area (Å²) in [6, 6.07) is 4.23. The van der Waals surface area contributed by atoms with Gasteiger partial charge in [-0.25, -0.2) is 0 Å². The van der Waals surface area contributed by atoms with Crippen LogP contribution >= 0.6 is 0 Å². The van der Waals surface area contributed by atoms with Crippen molar-refractivity contribution in [3.05, 3.63) is 30.1 Å². The van der Waals surface area contributed by atoms with Crippen LogP contribution in [0.1, 0.15) is 18.4 Å². The first-order valence-corrected chi connectivity index (χ1v) is 7.42. The third-order valence-corrected chi connectivity index (χ3v) is 3.83. The van der Waals surface area contributed by atoms with Crippen LogP contribution in [0, 0.1) is 0 Å². The summed E-state index contributed by atoms with van der Waals surface area (Å²) < 4.78 is 0. The van der Waals surface area contributed by atoms with Crippen LogP contribution in [0.4, 0.5) is 0 Å². The first kappa shape index (κ1) is 14.4. The van der Waals surface area contributed by atoms with Crippen LogP contribution < -0.4 is 5.73 Å². The number of aromatic nitrogens is 1. The van der Waals surface area contributed by atoms with E-state index in [2.05, 4.69) is 26.9 Å². The van der Waals surface area contributed by atoms with Crippen molar-refractivity contribution in [1.29, 1.82) is 0 Å².